The first kappa shape index (κ1) is 20.9. The molecule has 0 radical (unpaired) electrons. The van der Waals surface area contributed by atoms with Crippen molar-refractivity contribution in [3.8, 4) is 0 Å². The summed E-state index contributed by atoms with van der Waals surface area (Å²) in [6.45, 7) is 0.449. The summed E-state index contributed by atoms with van der Waals surface area (Å²) in [6, 6.07) is 6.72. The summed E-state index contributed by atoms with van der Waals surface area (Å²) in [6.07, 6.45) is 8.62. The molecule has 1 atom stereocenters. The zero-order chi connectivity index (χ0) is 21.4. The van der Waals surface area contributed by atoms with Gasteiger partial charge in [-0.15, -0.1) is 11.3 Å². The van der Waals surface area contributed by atoms with Gasteiger partial charge in [-0.1, -0.05) is 29.8 Å². The molecular weight excluding hydrogens is 450 g/mol. The van der Waals surface area contributed by atoms with Crippen molar-refractivity contribution in [3.05, 3.63) is 51.6 Å². The van der Waals surface area contributed by atoms with Crippen LogP contribution < -0.4 is 0 Å². The van der Waals surface area contributed by atoms with Crippen molar-refractivity contribution in [1.82, 2.24) is 14.9 Å². The third-order valence-corrected chi connectivity index (χ3v) is 8.65. The number of likely N-dealkylation sites (tertiary alicyclic amines) is 1. The van der Waals surface area contributed by atoms with E-state index in [-0.39, 0.29) is 17.1 Å². The second-order valence-electron chi connectivity index (χ2n) is 7.97. The Labute approximate surface area is 194 Å². The minimum atomic E-state index is -0.323. The molecule has 0 N–H and O–H groups in total. The molecule has 0 spiro atoms. The monoisotopic (exact) mass is 471 g/mol. The lowest BCUT2D eigenvalue weighted by Crippen LogP contribution is -2.41. The highest BCUT2D eigenvalue weighted by Crippen LogP contribution is 2.41. The van der Waals surface area contributed by atoms with Crippen molar-refractivity contribution in [1.29, 1.82) is 0 Å². The van der Waals surface area contributed by atoms with E-state index in [1.165, 1.54) is 39.9 Å². The fraction of sp³-hybridized carbons (Fsp3) is 0.391. The quantitative estimate of drug-likeness (QED) is 0.371. The number of thiophene rings is 1. The normalized spacial score (nSPS) is 19.3. The van der Waals surface area contributed by atoms with Crippen LogP contribution in [0.25, 0.3) is 10.2 Å². The fourth-order valence-electron chi connectivity index (χ4n) is 4.35. The van der Waals surface area contributed by atoms with Crippen LogP contribution in [0.5, 0.6) is 0 Å². The van der Waals surface area contributed by atoms with Crippen molar-refractivity contribution in [3.63, 3.8) is 0 Å². The van der Waals surface area contributed by atoms with Crippen LogP contribution in [0.3, 0.4) is 0 Å². The molecule has 3 aromatic rings. The van der Waals surface area contributed by atoms with Gasteiger partial charge in [-0.2, -0.15) is 0 Å². The number of benzene rings is 1. The molecule has 160 valence electrons. The summed E-state index contributed by atoms with van der Waals surface area (Å²) in [7, 11) is 0. The van der Waals surface area contributed by atoms with Gasteiger partial charge in [0.2, 0.25) is 5.91 Å². The van der Waals surface area contributed by atoms with Gasteiger partial charge in [0.25, 0.3) is 5.91 Å². The lowest BCUT2D eigenvalue weighted by Gasteiger charge is -2.22. The average molecular weight is 472 g/mol. The van der Waals surface area contributed by atoms with E-state index in [4.69, 9.17) is 11.6 Å². The smallest absolute Gasteiger partial charge is 0.260 e. The molecule has 1 aromatic carbocycles. The molecule has 5 nitrogen and oxygen atoms in total. The number of hydrogen-bond donors (Lipinski definition) is 0. The Hall–Kier alpha value is -1.96. The SMILES string of the molecule is O=C(c1ccc(Cl)cc1)N1CCCC[C@@H](Sc2ncnc3sc4c(c23)CCCC4)C1=O. The van der Waals surface area contributed by atoms with E-state index in [1.54, 1.807) is 41.9 Å². The molecule has 1 fully saturated rings. The standard InChI is InChI=1S/C23H22ClN3O2S2/c24-15-10-8-14(9-11-15)22(28)27-12-4-3-7-18(23(27)29)31-21-19-16-5-1-2-6-17(16)30-20(19)25-13-26-21/h8-11,13,18H,1-7,12H2/t18-/m1/s1. The molecule has 1 saturated heterocycles. The van der Waals surface area contributed by atoms with Gasteiger partial charge in [-0.25, -0.2) is 9.97 Å². The number of thioether (sulfide) groups is 1. The Morgan fingerprint density at radius 1 is 1.10 bits per heavy atom. The molecule has 0 bridgehead atoms. The molecule has 31 heavy (non-hydrogen) atoms. The Kier molecular flexibility index (Phi) is 5.99. The molecule has 2 aromatic heterocycles. The highest BCUT2D eigenvalue weighted by atomic mass is 35.5. The van der Waals surface area contributed by atoms with Gasteiger partial charge >= 0.3 is 0 Å². The molecule has 1 aliphatic carbocycles. The predicted octanol–water partition coefficient (Wildman–Crippen LogP) is 5.54. The number of carbonyl (C=O) groups excluding carboxylic acids is 2. The van der Waals surface area contributed by atoms with E-state index in [0.717, 1.165) is 47.3 Å². The van der Waals surface area contributed by atoms with Crippen molar-refractivity contribution in [2.75, 3.05) is 6.54 Å². The Morgan fingerprint density at radius 2 is 1.90 bits per heavy atom. The predicted molar refractivity (Wildman–Crippen MR) is 125 cm³/mol. The van der Waals surface area contributed by atoms with Crippen molar-refractivity contribution >= 4 is 56.7 Å². The van der Waals surface area contributed by atoms with E-state index in [9.17, 15) is 9.59 Å². The minimum absolute atomic E-state index is 0.127. The zero-order valence-corrected chi connectivity index (χ0v) is 19.4. The highest BCUT2D eigenvalue weighted by Gasteiger charge is 2.33. The van der Waals surface area contributed by atoms with Gasteiger partial charge in [0, 0.05) is 27.4 Å². The molecule has 1 aliphatic heterocycles. The molecule has 2 aliphatic rings. The maximum absolute atomic E-state index is 13.4. The number of imide groups is 1. The molecular formula is C23H22ClN3O2S2. The number of aromatic nitrogens is 2. The average Bonchev–Trinajstić information content (AvgIpc) is 3.08. The van der Waals surface area contributed by atoms with Crippen molar-refractivity contribution in [2.45, 2.75) is 55.2 Å². The van der Waals surface area contributed by atoms with Gasteiger partial charge in [-0.3, -0.25) is 14.5 Å². The van der Waals surface area contributed by atoms with Crippen molar-refractivity contribution in [2.24, 2.45) is 0 Å². The maximum Gasteiger partial charge on any atom is 0.260 e. The number of amides is 2. The molecule has 3 heterocycles. The third kappa shape index (κ3) is 4.11. The highest BCUT2D eigenvalue weighted by molar-refractivity contribution is 8.00. The lowest BCUT2D eigenvalue weighted by atomic mass is 9.97. The Balaban J connectivity index is 1.44. The summed E-state index contributed by atoms with van der Waals surface area (Å²) in [5, 5.41) is 2.25. The summed E-state index contributed by atoms with van der Waals surface area (Å²) < 4.78 is 0. The van der Waals surface area contributed by atoms with Gasteiger partial charge in [0.1, 0.15) is 16.2 Å². The Morgan fingerprint density at radius 3 is 2.74 bits per heavy atom. The molecule has 8 heteroatoms. The first-order valence-corrected chi connectivity index (χ1v) is 12.7. The van der Waals surface area contributed by atoms with Gasteiger partial charge in [0.05, 0.1) is 5.25 Å². The van der Waals surface area contributed by atoms with Crippen molar-refractivity contribution < 1.29 is 9.59 Å². The van der Waals surface area contributed by atoms with E-state index in [0.29, 0.717) is 17.1 Å². The van der Waals surface area contributed by atoms with Gasteiger partial charge in [0.15, 0.2) is 0 Å². The lowest BCUT2D eigenvalue weighted by molar-refractivity contribution is -0.127. The number of carbonyl (C=O) groups is 2. The van der Waals surface area contributed by atoms with Gasteiger partial charge in [-0.05, 0) is 68.4 Å². The first-order valence-electron chi connectivity index (χ1n) is 10.6. The first-order chi connectivity index (χ1) is 15.1. The summed E-state index contributed by atoms with van der Waals surface area (Å²) in [5.41, 5.74) is 1.85. The summed E-state index contributed by atoms with van der Waals surface area (Å²) in [4.78, 5) is 39.4. The molecule has 0 saturated carbocycles. The molecule has 2 amide bonds. The summed E-state index contributed by atoms with van der Waals surface area (Å²) in [5.74, 6) is -0.381. The number of rotatable bonds is 3. The van der Waals surface area contributed by atoms with Crippen LogP contribution in [0.4, 0.5) is 0 Å². The number of halogens is 1. The Bertz CT molecular complexity index is 1150. The van der Waals surface area contributed by atoms with Crippen LogP contribution in [-0.2, 0) is 17.6 Å². The van der Waals surface area contributed by atoms with Crippen LogP contribution in [-0.4, -0.2) is 38.5 Å². The van der Waals surface area contributed by atoms with Gasteiger partial charge < -0.3 is 0 Å². The van der Waals surface area contributed by atoms with E-state index in [2.05, 4.69) is 9.97 Å². The number of fused-ring (bicyclic) bond motifs is 3. The summed E-state index contributed by atoms with van der Waals surface area (Å²) >= 11 is 9.22. The maximum atomic E-state index is 13.4. The second kappa shape index (κ2) is 8.88. The van der Waals surface area contributed by atoms with Crippen LogP contribution in [0, 0.1) is 0 Å². The largest absolute Gasteiger partial charge is 0.278 e. The number of aryl methyl sites for hydroxylation is 2. The topological polar surface area (TPSA) is 63.2 Å². The van der Waals surface area contributed by atoms with E-state index in [1.807, 2.05) is 0 Å². The number of nitrogens with zero attached hydrogens (tertiary/aromatic N) is 3. The molecule has 0 unspecified atom stereocenters. The van der Waals surface area contributed by atoms with Crippen LogP contribution in [0.1, 0.15) is 52.9 Å². The fourth-order valence-corrected chi connectivity index (χ4v) is 7.00. The minimum Gasteiger partial charge on any atom is -0.278 e. The molecule has 5 rings (SSSR count). The van der Waals surface area contributed by atoms with Crippen LogP contribution in [0.15, 0.2) is 35.6 Å². The third-order valence-electron chi connectivity index (χ3n) is 5.95. The van der Waals surface area contributed by atoms with Crippen LogP contribution >= 0.6 is 34.7 Å². The zero-order valence-electron chi connectivity index (χ0n) is 17.0. The van der Waals surface area contributed by atoms with E-state index >= 15 is 0 Å². The van der Waals surface area contributed by atoms with Crippen LogP contribution in [0.2, 0.25) is 5.02 Å². The number of hydrogen-bond acceptors (Lipinski definition) is 6. The van der Waals surface area contributed by atoms with E-state index < -0.39 is 0 Å². The second-order valence-corrected chi connectivity index (χ2v) is 10.7.